The fourth-order valence-corrected chi connectivity index (χ4v) is 7.16. The van der Waals surface area contributed by atoms with Gasteiger partial charge in [0, 0.05) is 31.8 Å². The lowest BCUT2D eigenvalue weighted by Crippen LogP contribution is -2.90. The van der Waals surface area contributed by atoms with Crippen LogP contribution in [0.25, 0.3) is 0 Å². The van der Waals surface area contributed by atoms with E-state index in [1.165, 1.54) is 22.6 Å². The summed E-state index contributed by atoms with van der Waals surface area (Å²) >= 11 is 1.30. The van der Waals surface area contributed by atoms with E-state index in [9.17, 15) is 23.2 Å². The van der Waals surface area contributed by atoms with Crippen LogP contribution < -0.4 is 21.7 Å². The predicted octanol–water partition coefficient (Wildman–Crippen LogP) is 0.701. The molecule has 3 amide bonds. The van der Waals surface area contributed by atoms with Crippen molar-refractivity contribution < 1.29 is 28.5 Å². The first-order valence-corrected chi connectivity index (χ1v) is 14.6. The summed E-state index contributed by atoms with van der Waals surface area (Å²) in [4.78, 5) is 41.0. The van der Waals surface area contributed by atoms with Crippen LogP contribution in [0.3, 0.4) is 0 Å². The molecule has 3 aliphatic rings. The third kappa shape index (κ3) is 6.01. The van der Waals surface area contributed by atoms with Crippen molar-refractivity contribution in [2.45, 2.75) is 54.2 Å². The number of nitrogens with zero attached hydrogens (tertiary/aromatic N) is 3. The third-order valence-electron chi connectivity index (χ3n) is 8.14. The van der Waals surface area contributed by atoms with E-state index >= 15 is 0 Å². The summed E-state index contributed by atoms with van der Waals surface area (Å²) in [6, 6.07) is 8.08. The second kappa shape index (κ2) is 11.5. The summed E-state index contributed by atoms with van der Waals surface area (Å²) in [6.07, 6.45) is 1.73. The van der Waals surface area contributed by atoms with Gasteiger partial charge >= 0.3 is 0 Å². The molecule has 6 N–H and O–H groups in total. The number of quaternary nitrogens is 1. The van der Waals surface area contributed by atoms with Gasteiger partial charge in [-0.3, -0.25) is 19.1 Å². The number of carbonyl (C=O) groups is 3. The summed E-state index contributed by atoms with van der Waals surface area (Å²) in [5.74, 6) is -3.78. The number of hydrogen-bond acceptors (Lipinski definition) is 6. The first-order chi connectivity index (χ1) is 19.1. The average molecular weight is 577 g/mol. The fraction of sp³-hybridized carbons (Fsp3) is 0.556. The number of aromatic nitrogens is 2. The number of piperazine rings is 1. The molecule has 1 aromatic heterocycles. The molecule has 1 aromatic carbocycles. The summed E-state index contributed by atoms with van der Waals surface area (Å²) in [6.45, 7) is 3.15. The normalized spacial score (nSPS) is 25.2. The van der Waals surface area contributed by atoms with Crippen molar-refractivity contribution >= 4 is 35.2 Å². The zero-order valence-corrected chi connectivity index (χ0v) is 23.3. The molecule has 13 heteroatoms. The van der Waals surface area contributed by atoms with Crippen LogP contribution in [0.4, 0.5) is 14.5 Å². The van der Waals surface area contributed by atoms with Crippen molar-refractivity contribution in [1.82, 2.24) is 20.0 Å². The highest BCUT2D eigenvalue weighted by Crippen LogP contribution is 2.61. The molecule has 1 saturated carbocycles. The number of nitrogens with one attached hydrogen (secondary N) is 2. The Morgan fingerprint density at radius 3 is 2.45 bits per heavy atom. The van der Waals surface area contributed by atoms with Crippen molar-refractivity contribution in [3.63, 3.8) is 0 Å². The Labute approximate surface area is 235 Å². The number of anilines is 1. The Morgan fingerprint density at radius 2 is 1.82 bits per heavy atom. The van der Waals surface area contributed by atoms with Crippen molar-refractivity contribution in [2.75, 3.05) is 31.5 Å². The molecule has 40 heavy (non-hydrogen) atoms. The van der Waals surface area contributed by atoms with E-state index in [2.05, 4.69) is 21.0 Å². The van der Waals surface area contributed by atoms with Gasteiger partial charge < -0.3 is 26.6 Å². The highest BCUT2D eigenvalue weighted by atomic mass is 32.2. The highest BCUT2D eigenvalue weighted by Gasteiger charge is 2.67. The monoisotopic (exact) mass is 576 g/mol. The van der Waals surface area contributed by atoms with E-state index < -0.39 is 22.1 Å². The molecule has 3 fully saturated rings. The first kappa shape index (κ1) is 28.5. The molecule has 2 saturated heterocycles. The van der Waals surface area contributed by atoms with E-state index in [4.69, 9.17) is 5.73 Å². The van der Waals surface area contributed by atoms with E-state index in [1.807, 2.05) is 12.1 Å². The Balaban J connectivity index is 1.24. The van der Waals surface area contributed by atoms with Gasteiger partial charge in [-0.25, -0.2) is 8.78 Å². The van der Waals surface area contributed by atoms with Crippen LogP contribution in [0, 0.1) is 5.92 Å². The number of aryl methyl sites for hydroxylation is 1. The SMILES string of the molecule is Cn1nccc1C(=O)NC1S[C@]1(C(=O)Nc1ccc(C[C@@H](N)C(=O)N2CC[NH2+]CC2)cc1)C1CCC(F)(F)CC1. The molecule has 3 heterocycles. The number of thioether (sulfide) groups is 1. The van der Waals surface area contributed by atoms with Crippen LogP contribution >= 0.6 is 11.8 Å². The topological polar surface area (TPSA) is 139 Å². The zero-order valence-electron chi connectivity index (χ0n) is 22.4. The van der Waals surface area contributed by atoms with Gasteiger partial charge in [-0.1, -0.05) is 12.1 Å². The number of nitrogens with two attached hydrogens (primary N) is 2. The van der Waals surface area contributed by atoms with Crippen LogP contribution in [-0.4, -0.2) is 80.7 Å². The summed E-state index contributed by atoms with van der Waals surface area (Å²) in [7, 11) is 1.65. The number of alkyl halides is 2. The summed E-state index contributed by atoms with van der Waals surface area (Å²) in [5.41, 5.74) is 7.96. The van der Waals surface area contributed by atoms with Gasteiger partial charge in [0.05, 0.1) is 32.2 Å². The minimum absolute atomic E-state index is 0.0598. The van der Waals surface area contributed by atoms with Gasteiger partial charge in [0.1, 0.15) is 15.8 Å². The Hall–Kier alpha value is -3.03. The van der Waals surface area contributed by atoms with Crippen LogP contribution in [0.5, 0.6) is 0 Å². The van der Waals surface area contributed by atoms with Gasteiger partial charge in [0.2, 0.25) is 17.7 Å². The lowest BCUT2D eigenvalue weighted by Gasteiger charge is -2.33. The lowest BCUT2D eigenvalue weighted by atomic mass is 9.77. The molecule has 0 bridgehead atoms. The lowest BCUT2D eigenvalue weighted by molar-refractivity contribution is -0.662. The van der Waals surface area contributed by atoms with E-state index in [1.54, 1.807) is 30.1 Å². The molecule has 10 nitrogen and oxygen atoms in total. The third-order valence-corrected chi connectivity index (χ3v) is 9.76. The van der Waals surface area contributed by atoms with Crippen LogP contribution in [-0.2, 0) is 23.1 Å². The largest absolute Gasteiger partial charge is 0.343 e. The Morgan fingerprint density at radius 1 is 1.15 bits per heavy atom. The summed E-state index contributed by atoms with van der Waals surface area (Å²) in [5, 5.41) is 11.5. The molecule has 1 aliphatic carbocycles. The molecule has 2 aliphatic heterocycles. The number of halogens is 2. The molecule has 0 radical (unpaired) electrons. The molecule has 0 spiro atoms. The first-order valence-electron chi connectivity index (χ1n) is 13.7. The maximum atomic E-state index is 13.9. The smallest absolute Gasteiger partial charge is 0.270 e. The average Bonchev–Trinajstić information content (AvgIpc) is 3.49. The Bertz CT molecular complexity index is 1240. The number of hydrogen-bond donors (Lipinski definition) is 4. The van der Waals surface area contributed by atoms with Crippen molar-refractivity contribution in [3.05, 3.63) is 47.8 Å². The number of rotatable bonds is 8. The molecular formula is C27H36F2N7O3S+. The highest BCUT2D eigenvalue weighted by molar-refractivity contribution is 8.09. The van der Waals surface area contributed by atoms with Crippen LogP contribution in [0.2, 0.25) is 0 Å². The molecule has 3 atom stereocenters. The maximum absolute atomic E-state index is 13.9. The second-order valence-corrected chi connectivity index (χ2v) is 12.3. The molecule has 1 unspecified atom stereocenters. The zero-order chi connectivity index (χ0) is 28.5. The minimum atomic E-state index is -2.73. The minimum Gasteiger partial charge on any atom is -0.343 e. The number of amides is 3. The van der Waals surface area contributed by atoms with Gasteiger partial charge in [-0.05, 0) is 48.9 Å². The van der Waals surface area contributed by atoms with Crippen molar-refractivity contribution in [2.24, 2.45) is 18.7 Å². The number of benzene rings is 1. The number of carbonyl (C=O) groups excluding carboxylic acids is 3. The van der Waals surface area contributed by atoms with Crippen LogP contribution in [0.15, 0.2) is 36.5 Å². The van der Waals surface area contributed by atoms with E-state index in [0.29, 0.717) is 30.9 Å². The van der Waals surface area contributed by atoms with Gasteiger partial charge in [-0.15, -0.1) is 11.8 Å². The maximum Gasteiger partial charge on any atom is 0.270 e. The quantitative estimate of drug-likeness (QED) is 0.342. The summed E-state index contributed by atoms with van der Waals surface area (Å²) < 4.78 is 28.3. The van der Waals surface area contributed by atoms with Crippen molar-refractivity contribution in [1.29, 1.82) is 0 Å². The fourth-order valence-electron chi connectivity index (χ4n) is 5.72. The second-order valence-electron chi connectivity index (χ2n) is 10.9. The Kier molecular flexibility index (Phi) is 8.16. The molecule has 2 aromatic rings. The molecule has 5 rings (SSSR count). The van der Waals surface area contributed by atoms with Gasteiger partial charge in [0.25, 0.3) is 5.91 Å². The van der Waals surface area contributed by atoms with Gasteiger partial charge in [0.15, 0.2) is 0 Å². The standard InChI is InChI=1S/C27H35F2N7O3S/c1-35-21(8-11-32-35)22(37)34-25-27(40-25,18-6-9-26(28,29)10-7-18)24(39)33-19-4-2-17(3-5-19)16-20(30)23(38)36-14-12-31-13-15-36/h2-5,8,11,18,20,25,31H,6-7,9-10,12-16,30H2,1H3,(H,33,39)(H,34,37)/p+1/t20-,25?,27+/m1/s1. The van der Waals surface area contributed by atoms with E-state index in [-0.39, 0.29) is 49.3 Å². The van der Waals surface area contributed by atoms with Crippen molar-refractivity contribution in [3.8, 4) is 0 Å². The molecule has 216 valence electrons. The molecular weight excluding hydrogens is 540 g/mol. The van der Waals surface area contributed by atoms with Gasteiger partial charge in [-0.2, -0.15) is 5.10 Å². The van der Waals surface area contributed by atoms with Crippen LogP contribution in [0.1, 0.15) is 41.7 Å². The predicted molar refractivity (Wildman–Crippen MR) is 147 cm³/mol. The van der Waals surface area contributed by atoms with E-state index in [0.717, 1.165) is 18.7 Å².